The van der Waals surface area contributed by atoms with E-state index in [0.717, 1.165) is 0 Å². The fourth-order valence-electron chi connectivity index (χ4n) is 1.32. The number of carbonyl (C=O) groups excluding carboxylic acids is 1. The molecule has 1 unspecified atom stereocenters. The molecule has 1 aromatic carbocycles. The Morgan fingerprint density at radius 1 is 1.47 bits per heavy atom. The third kappa shape index (κ3) is 3.41. The molecule has 1 atom stereocenters. The number of hydrogen-bond acceptors (Lipinski definition) is 4. The van der Waals surface area contributed by atoms with Gasteiger partial charge in [0.15, 0.2) is 5.75 Å². The normalized spacial score (nSPS) is 12.0. The number of anilines is 1. The van der Waals surface area contributed by atoms with Crippen LogP contribution in [0.2, 0.25) is 10.0 Å². The molecule has 94 valence electrons. The van der Waals surface area contributed by atoms with Crippen molar-refractivity contribution >= 4 is 34.9 Å². The molecule has 0 aromatic heterocycles. The molecule has 2 N–H and O–H groups in total. The molecule has 0 heterocycles. The van der Waals surface area contributed by atoms with Crippen molar-refractivity contribution in [2.24, 2.45) is 0 Å². The van der Waals surface area contributed by atoms with Crippen LogP contribution < -0.4 is 5.32 Å². The number of hydrogen-bond donors (Lipinski definition) is 2. The molecule has 0 saturated carbocycles. The van der Waals surface area contributed by atoms with Crippen LogP contribution in [0.4, 0.5) is 5.69 Å². The summed E-state index contributed by atoms with van der Waals surface area (Å²) in [6.07, 6.45) is 0.558. The Morgan fingerprint density at radius 3 is 2.41 bits per heavy atom. The van der Waals surface area contributed by atoms with E-state index in [0.29, 0.717) is 12.1 Å². The van der Waals surface area contributed by atoms with Crippen molar-refractivity contribution in [1.29, 1.82) is 0 Å². The molecular formula is C11H13Cl2NO3. The average molecular weight is 278 g/mol. The van der Waals surface area contributed by atoms with E-state index >= 15 is 0 Å². The maximum atomic E-state index is 11.4. The van der Waals surface area contributed by atoms with Gasteiger partial charge in [-0.2, -0.15) is 0 Å². The molecule has 0 radical (unpaired) electrons. The molecule has 0 aliphatic carbocycles. The first-order chi connectivity index (χ1) is 7.99. The third-order valence-electron chi connectivity index (χ3n) is 2.25. The molecule has 6 heteroatoms. The zero-order chi connectivity index (χ0) is 13.0. The molecule has 0 aliphatic rings. The summed E-state index contributed by atoms with van der Waals surface area (Å²) in [4.78, 5) is 11.4. The fraction of sp³-hybridized carbons (Fsp3) is 0.364. The zero-order valence-electron chi connectivity index (χ0n) is 9.46. The minimum atomic E-state index is -0.475. The monoisotopic (exact) mass is 277 g/mol. The van der Waals surface area contributed by atoms with Crippen molar-refractivity contribution in [3.63, 3.8) is 0 Å². The number of benzene rings is 1. The van der Waals surface area contributed by atoms with Crippen molar-refractivity contribution in [3.8, 4) is 5.75 Å². The molecule has 17 heavy (non-hydrogen) atoms. The maximum absolute atomic E-state index is 11.4. The minimum Gasteiger partial charge on any atom is -0.505 e. The summed E-state index contributed by atoms with van der Waals surface area (Å²) >= 11 is 11.5. The van der Waals surface area contributed by atoms with Crippen molar-refractivity contribution in [2.45, 2.75) is 19.4 Å². The van der Waals surface area contributed by atoms with Crippen LogP contribution >= 0.6 is 23.2 Å². The number of ether oxygens (including phenoxy) is 1. The number of nitrogens with one attached hydrogen (secondary N) is 1. The number of methoxy groups -OCH3 is 1. The van der Waals surface area contributed by atoms with Crippen molar-refractivity contribution in [2.75, 3.05) is 12.4 Å². The standard InChI is InChI=1S/C11H13Cl2NO3/c1-3-9(11(16)17-2)14-6-4-7(12)10(15)8(13)5-6/h4-5,9,14-15H,3H2,1-2H3. The lowest BCUT2D eigenvalue weighted by atomic mass is 10.2. The van der Waals surface area contributed by atoms with Crippen LogP contribution in [0.1, 0.15) is 13.3 Å². The molecule has 0 bridgehead atoms. The molecule has 1 aromatic rings. The van der Waals surface area contributed by atoms with Crippen molar-refractivity contribution in [3.05, 3.63) is 22.2 Å². The second-order valence-electron chi connectivity index (χ2n) is 3.42. The van der Waals surface area contributed by atoms with Gasteiger partial charge in [-0.25, -0.2) is 4.79 Å². The van der Waals surface area contributed by atoms with Gasteiger partial charge in [-0.3, -0.25) is 0 Å². The van der Waals surface area contributed by atoms with E-state index in [-0.39, 0.29) is 21.8 Å². The first-order valence-electron chi connectivity index (χ1n) is 5.02. The van der Waals surface area contributed by atoms with Crippen LogP contribution in [0.25, 0.3) is 0 Å². The van der Waals surface area contributed by atoms with Crippen molar-refractivity contribution < 1.29 is 14.6 Å². The molecular weight excluding hydrogens is 265 g/mol. The number of esters is 1. The highest BCUT2D eigenvalue weighted by Gasteiger charge is 2.17. The van der Waals surface area contributed by atoms with Gasteiger partial charge in [-0.1, -0.05) is 30.1 Å². The number of rotatable bonds is 4. The Kier molecular flexibility index (Phi) is 4.90. The second kappa shape index (κ2) is 5.98. The van der Waals surface area contributed by atoms with Crippen LogP contribution in [0.3, 0.4) is 0 Å². The van der Waals surface area contributed by atoms with Gasteiger partial charge < -0.3 is 15.2 Å². The van der Waals surface area contributed by atoms with Crippen molar-refractivity contribution in [1.82, 2.24) is 0 Å². The average Bonchev–Trinajstić information content (AvgIpc) is 2.31. The highest BCUT2D eigenvalue weighted by atomic mass is 35.5. The third-order valence-corrected chi connectivity index (χ3v) is 2.83. The van der Waals surface area contributed by atoms with Gasteiger partial charge in [0, 0.05) is 5.69 Å². The lowest BCUT2D eigenvalue weighted by molar-refractivity contribution is -0.141. The second-order valence-corrected chi connectivity index (χ2v) is 4.23. The Balaban J connectivity index is 2.91. The van der Waals surface area contributed by atoms with Gasteiger partial charge >= 0.3 is 5.97 Å². The number of phenols is 1. The fourth-order valence-corrected chi connectivity index (χ4v) is 1.81. The van der Waals surface area contributed by atoms with E-state index in [1.54, 1.807) is 0 Å². The van der Waals surface area contributed by atoms with E-state index in [2.05, 4.69) is 10.1 Å². The van der Waals surface area contributed by atoms with Gasteiger partial charge in [-0.15, -0.1) is 0 Å². The topological polar surface area (TPSA) is 58.6 Å². The molecule has 0 saturated heterocycles. The molecule has 0 aliphatic heterocycles. The van der Waals surface area contributed by atoms with E-state index in [1.807, 2.05) is 6.92 Å². The first kappa shape index (κ1) is 13.9. The van der Waals surface area contributed by atoms with Gasteiger partial charge in [0.1, 0.15) is 6.04 Å². The number of halogens is 2. The van der Waals surface area contributed by atoms with E-state index in [4.69, 9.17) is 23.2 Å². The predicted octanol–water partition coefficient (Wildman–Crippen LogP) is 3.06. The lowest BCUT2D eigenvalue weighted by Crippen LogP contribution is -2.29. The quantitative estimate of drug-likeness (QED) is 0.656. The van der Waals surface area contributed by atoms with Gasteiger partial charge in [-0.05, 0) is 18.6 Å². The number of aromatic hydroxyl groups is 1. The van der Waals surface area contributed by atoms with E-state index in [9.17, 15) is 9.90 Å². The largest absolute Gasteiger partial charge is 0.505 e. The van der Waals surface area contributed by atoms with Gasteiger partial charge in [0.2, 0.25) is 0 Å². The van der Waals surface area contributed by atoms with Crippen LogP contribution in [0.15, 0.2) is 12.1 Å². The highest BCUT2D eigenvalue weighted by Crippen LogP contribution is 2.34. The predicted molar refractivity (Wildman–Crippen MR) is 67.8 cm³/mol. The lowest BCUT2D eigenvalue weighted by Gasteiger charge is -2.16. The Hall–Kier alpha value is -1.13. The van der Waals surface area contributed by atoms with Gasteiger partial charge in [0.05, 0.1) is 17.2 Å². The maximum Gasteiger partial charge on any atom is 0.328 e. The summed E-state index contributed by atoms with van der Waals surface area (Å²) < 4.78 is 4.64. The van der Waals surface area contributed by atoms with E-state index in [1.165, 1.54) is 19.2 Å². The van der Waals surface area contributed by atoms with Crippen LogP contribution in [0.5, 0.6) is 5.75 Å². The smallest absolute Gasteiger partial charge is 0.328 e. The SMILES string of the molecule is CCC(Nc1cc(Cl)c(O)c(Cl)c1)C(=O)OC. The summed E-state index contributed by atoms with van der Waals surface area (Å²) in [5, 5.41) is 12.6. The molecule has 1 rings (SSSR count). The van der Waals surface area contributed by atoms with Crippen LogP contribution in [-0.4, -0.2) is 24.2 Å². The highest BCUT2D eigenvalue weighted by molar-refractivity contribution is 6.37. The number of carbonyl (C=O) groups is 1. The first-order valence-corrected chi connectivity index (χ1v) is 5.77. The van der Waals surface area contributed by atoms with E-state index < -0.39 is 6.04 Å². The molecule has 0 fully saturated rings. The minimum absolute atomic E-state index is 0.125. The summed E-state index contributed by atoms with van der Waals surface area (Å²) in [6.45, 7) is 1.85. The molecule has 4 nitrogen and oxygen atoms in total. The Morgan fingerprint density at radius 2 is 2.00 bits per heavy atom. The van der Waals surface area contributed by atoms with Crippen LogP contribution in [-0.2, 0) is 9.53 Å². The summed E-state index contributed by atoms with van der Waals surface area (Å²) in [6, 6.07) is 2.51. The van der Waals surface area contributed by atoms with Gasteiger partial charge in [0.25, 0.3) is 0 Å². The molecule has 0 amide bonds. The summed E-state index contributed by atoms with van der Waals surface area (Å²) in [5.74, 6) is -0.544. The number of phenolic OH excluding ortho intramolecular Hbond substituents is 1. The Labute approximate surface area is 109 Å². The zero-order valence-corrected chi connectivity index (χ0v) is 11.0. The molecule has 0 spiro atoms. The Bertz CT molecular complexity index is 400. The summed E-state index contributed by atoms with van der Waals surface area (Å²) in [5.41, 5.74) is 0.551. The summed E-state index contributed by atoms with van der Waals surface area (Å²) in [7, 11) is 1.32. The van der Waals surface area contributed by atoms with Crippen LogP contribution in [0, 0.1) is 0 Å².